The van der Waals surface area contributed by atoms with Crippen molar-refractivity contribution >= 4 is 40.9 Å². The van der Waals surface area contributed by atoms with E-state index in [-0.39, 0.29) is 28.9 Å². The number of benzene rings is 2. The van der Waals surface area contributed by atoms with Gasteiger partial charge in [-0.05, 0) is 49.6 Å². The van der Waals surface area contributed by atoms with Crippen molar-refractivity contribution in [3.63, 3.8) is 0 Å². The van der Waals surface area contributed by atoms with Gasteiger partial charge in [0.05, 0.1) is 29.0 Å². The predicted molar refractivity (Wildman–Crippen MR) is 115 cm³/mol. The highest BCUT2D eigenvalue weighted by molar-refractivity contribution is 6.34. The van der Waals surface area contributed by atoms with Crippen LogP contribution in [0.1, 0.15) is 35.7 Å². The van der Waals surface area contributed by atoms with Crippen molar-refractivity contribution < 1.29 is 14.4 Å². The second-order valence-corrected chi connectivity index (χ2v) is 8.50. The average Bonchev–Trinajstić information content (AvgIpc) is 2.97. The molecule has 0 radical (unpaired) electrons. The maximum atomic E-state index is 13.4. The van der Waals surface area contributed by atoms with E-state index in [4.69, 9.17) is 23.2 Å². The minimum absolute atomic E-state index is 0.0462. The minimum Gasteiger partial charge on any atom is -0.272 e. The lowest BCUT2D eigenvalue weighted by molar-refractivity contribution is -0.155. The largest absolute Gasteiger partial charge is 0.274 e. The molecule has 7 heteroatoms. The van der Waals surface area contributed by atoms with Gasteiger partial charge in [0.15, 0.2) is 0 Å². The quantitative estimate of drug-likeness (QED) is 0.500. The van der Waals surface area contributed by atoms with E-state index in [1.165, 1.54) is 5.01 Å². The highest BCUT2D eigenvalue weighted by Gasteiger charge is 2.51. The van der Waals surface area contributed by atoms with Crippen LogP contribution in [0.25, 0.3) is 0 Å². The Labute approximate surface area is 184 Å². The molecule has 0 aromatic heterocycles. The third kappa shape index (κ3) is 3.75. The molecule has 2 atom stereocenters. The third-order valence-electron chi connectivity index (χ3n) is 5.63. The van der Waals surface area contributed by atoms with Gasteiger partial charge in [-0.1, -0.05) is 59.1 Å². The molecule has 2 aromatic rings. The zero-order valence-corrected chi connectivity index (χ0v) is 17.9. The lowest BCUT2D eigenvalue weighted by Crippen LogP contribution is -2.49. The highest BCUT2D eigenvalue weighted by atomic mass is 35.5. The van der Waals surface area contributed by atoms with E-state index in [0.29, 0.717) is 17.9 Å². The maximum Gasteiger partial charge on any atom is 0.274 e. The molecule has 2 aliphatic rings. The highest BCUT2D eigenvalue weighted by Crippen LogP contribution is 2.39. The Hall–Kier alpha value is -2.63. The molecule has 0 unspecified atom stereocenters. The van der Waals surface area contributed by atoms with Gasteiger partial charge in [0.25, 0.3) is 17.7 Å². The fourth-order valence-electron chi connectivity index (χ4n) is 4.03. The fourth-order valence-corrected chi connectivity index (χ4v) is 4.37. The Bertz CT molecular complexity index is 1050. The number of allylic oxidation sites excluding steroid dienone is 2. The second-order valence-electron chi connectivity index (χ2n) is 7.66. The van der Waals surface area contributed by atoms with Gasteiger partial charge in [0, 0.05) is 5.02 Å². The van der Waals surface area contributed by atoms with Crippen molar-refractivity contribution in [2.45, 2.75) is 26.3 Å². The van der Waals surface area contributed by atoms with Gasteiger partial charge in [0.2, 0.25) is 0 Å². The van der Waals surface area contributed by atoms with Crippen molar-refractivity contribution in [3.05, 3.63) is 81.4 Å². The monoisotopic (exact) mass is 442 g/mol. The summed E-state index contributed by atoms with van der Waals surface area (Å²) in [5, 5.41) is 3.06. The van der Waals surface area contributed by atoms with Crippen LogP contribution < -0.4 is 0 Å². The van der Waals surface area contributed by atoms with E-state index in [1.54, 1.807) is 48.5 Å². The first-order valence-electron chi connectivity index (χ1n) is 9.71. The molecule has 3 amide bonds. The summed E-state index contributed by atoms with van der Waals surface area (Å²) < 4.78 is 0. The van der Waals surface area contributed by atoms with E-state index in [9.17, 15) is 14.4 Å². The molecule has 0 N–H and O–H groups in total. The molecule has 1 heterocycles. The molecule has 5 nitrogen and oxygen atoms in total. The first-order chi connectivity index (χ1) is 14.4. The molecule has 1 saturated heterocycles. The van der Waals surface area contributed by atoms with Crippen LogP contribution in [0.5, 0.6) is 0 Å². The summed E-state index contributed by atoms with van der Waals surface area (Å²) in [6.07, 6.45) is 3.03. The van der Waals surface area contributed by atoms with E-state index < -0.39 is 17.7 Å². The van der Waals surface area contributed by atoms with Crippen LogP contribution in [0.3, 0.4) is 0 Å². The number of fused-ring (bicyclic) bond motifs is 1. The van der Waals surface area contributed by atoms with Crippen molar-refractivity contribution in [3.8, 4) is 0 Å². The maximum absolute atomic E-state index is 13.4. The Morgan fingerprint density at radius 1 is 1.03 bits per heavy atom. The number of amides is 3. The van der Waals surface area contributed by atoms with Crippen LogP contribution in [0.2, 0.25) is 10.0 Å². The van der Waals surface area contributed by atoms with Crippen molar-refractivity contribution in [2.75, 3.05) is 0 Å². The molecule has 0 bridgehead atoms. The van der Waals surface area contributed by atoms with Crippen LogP contribution in [0, 0.1) is 11.8 Å². The fraction of sp³-hybridized carbons (Fsp3) is 0.261. The minimum atomic E-state index is -0.499. The number of carbonyl (C=O) groups is 3. The number of nitrogens with zero attached hydrogens (tertiary/aromatic N) is 2. The van der Waals surface area contributed by atoms with E-state index >= 15 is 0 Å². The molecular formula is C23H20Cl2N2O3. The number of hydrogen-bond acceptors (Lipinski definition) is 3. The van der Waals surface area contributed by atoms with E-state index in [1.807, 2.05) is 13.0 Å². The standard InChI is InChI=1S/C23H20Cl2N2O3/c1-14-6-11-17-19(12-14)23(30)27(22(17)29)26(13-15-7-9-16(24)10-8-15)21(28)18-4-2-3-5-20(18)25/h2-10,17,19H,11-13H2,1H3/t17-,19-/m1/s1. The average molecular weight is 443 g/mol. The Morgan fingerprint density at radius 3 is 2.40 bits per heavy atom. The SMILES string of the molecule is CC1=CC[C@H]2C(=O)N(N(Cc3ccc(Cl)cc3)C(=O)c3ccccc3Cl)C(=O)[C@@H]2C1. The zero-order valence-electron chi connectivity index (χ0n) is 16.3. The van der Waals surface area contributed by atoms with Crippen LogP contribution in [0.4, 0.5) is 0 Å². The Balaban J connectivity index is 1.72. The van der Waals surface area contributed by atoms with Gasteiger partial charge in [0.1, 0.15) is 0 Å². The van der Waals surface area contributed by atoms with Crippen molar-refractivity contribution in [1.29, 1.82) is 0 Å². The summed E-state index contributed by atoms with van der Waals surface area (Å²) in [6.45, 7) is 2.00. The van der Waals surface area contributed by atoms with Gasteiger partial charge in [-0.15, -0.1) is 0 Å². The zero-order chi connectivity index (χ0) is 21.4. The van der Waals surface area contributed by atoms with Gasteiger partial charge in [-0.3, -0.25) is 14.4 Å². The summed E-state index contributed by atoms with van der Waals surface area (Å²) in [7, 11) is 0. The summed E-state index contributed by atoms with van der Waals surface area (Å²) in [5.41, 5.74) is 2.06. The summed E-state index contributed by atoms with van der Waals surface area (Å²) in [5.74, 6) is -2.06. The molecule has 4 rings (SSSR count). The van der Waals surface area contributed by atoms with Crippen LogP contribution in [-0.2, 0) is 16.1 Å². The molecule has 1 fully saturated rings. The lowest BCUT2D eigenvalue weighted by Gasteiger charge is -2.31. The van der Waals surface area contributed by atoms with Crippen molar-refractivity contribution in [2.24, 2.45) is 11.8 Å². The van der Waals surface area contributed by atoms with Gasteiger partial charge < -0.3 is 0 Å². The number of carbonyl (C=O) groups excluding carboxylic acids is 3. The van der Waals surface area contributed by atoms with Crippen LogP contribution >= 0.6 is 23.2 Å². The molecule has 30 heavy (non-hydrogen) atoms. The molecule has 0 spiro atoms. The summed E-state index contributed by atoms with van der Waals surface area (Å²) in [6, 6.07) is 13.5. The molecule has 1 aliphatic carbocycles. The lowest BCUT2D eigenvalue weighted by atomic mass is 9.82. The Kier molecular flexibility index (Phi) is 5.67. The Morgan fingerprint density at radius 2 is 1.70 bits per heavy atom. The number of hydrazine groups is 1. The molecule has 1 aliphatic heterocycles. The van der Waals surface area contributed by atoms with Gasteiger partial charge in [-0.2, -0.15) is 5.01 Å². The van der Waals surface area contributed by atoms with Crippen LogP contribution in [0.15, 0.2) is 60.2 Å². The smallest absolute Gasteiger partial charge is 0.272 e. The molecule has 154 valence electrons. The topological polar surface area (TPSA) is 57.7 Å². The predicted octanol–water partition coefficient (Wildman–Crippen LogP) is 4.89. The van der Waals surface area contributed by atoms with Gasteiger partial charge >= 0.3 is 0 Å². The number of halogens is 2. The second kappa shape index (κ2) is 8.25. The molecular weight excluding hydrogens is 423 g/mol. The normalized spacial score (nSPS) is 20.8. The molecule has 2 aromatic carbocycles. The number of imide groups is 1. The first-order valence-corrected chi connectivity index (χ1v) is 10.5. The van der Waals surface area contributed by atoms with Crippen LogP contribution in [-0.4, -0.2) is 27.7 Å². The first kappa shape index (κ1) is 20.6. The number of hydrogen-bond donors (Lipinski definition) is 0. The summed E-state index contributed by atoms with van der Waals surface area (Å²) >= 11 is 12.2. The van der Waals surface area contributed by atoms with E-state index in [2.05, 4.69) is 0 Å². The van der Waals surface area contributed by atoms with E-state index in [0.717, 1.165) is 16.1 Å². The van der Waals surface area contributed by atoms with Gasteiger partial charge in [-0.25, -0.2) is 5.01 Å². The number of rotatable bonds is 4. The van der Waals surface area contributed by atoms with Crippen molar-refractivity contribution in [1.82, 2.24) is 10.0 Å². The third-order valence-corrected chi connectivity index (χ3v) is 6.21. The summed E-state index contributed by atoms with van der Waals surface area (Å²) in [4.78, 5) is 39.9. The molecule has 0 saturated carbocycles.